The van der Waals surface area contributed by atoms with E-state index in [1.165, 1.54) is 24.3 Å². The van der Waals surface area contributed by atoms with Crippen LogP contribution in [0.2, 0.25) is 0 Å². The fourth-order valence-electron chi connectivity index (χ4n) is 2.22. The number of carbonyl (C=O) groups is 1. The van der Waals surface area contributed by atoms with Crippen LogP contribution in [-0.2, 0) is 9.84 Å². The van der Waals surface area contributed by atoms with E-state index in [9.17, 15) is 13.2 Å². The first-order valence-corrected chi connectivity index (χ1v) is 8.73. The summed E-state index contributed by atoms with van der Waals surface area (Å²) in [7, 11) is -3.78. The summed E-state index contributed by atoms with van der Waals surface area (Å²) in [5.41, 5.74) is 1.61. The highest BCUT2D eigenvalue weighted by Crippen LogP contribution is 2.23. The van der Waals surface area contributed by atoms with Crippen LogP contribution in [0.1, 0.15) is 16.1 Å². The minimum atomic E-state index is -3.78. The zero-order valence-corrected chi connectivity index (χ0v) is 13.7. The number of furan rings is 1. The van der Waals surface area contributed by atoms with Crippen LogP contribution in [0, 0.1) is 6.92 Å². The number of rotatable bonds is 4. The molecule has 6 heteroatoms. The van der Waals surface area contributed by atoms with Crippen molar-refractivity contribution >= 4 is 21.4 Å². The third kappa shape index (κ3) is 3.23. The van der Waals surface area contributed by atoms with Crippen molar-refractivity contribution in [2.75, 3.05) is 5.32 Å². The molecule has 0 aliphatic rings. The first kappa shape index (κ1) is 16.0. The molecule has 5 nitrogen and oxygen atoms in total. The largest absolute Gasteiger partial charge is 0.439 e. The molecule has 0 fully saturated rings. The molecule has 2 aromatic carbocycles. The molecule has 0 spiro atoms. The molecule has 1 N–H and O–H groups in total. The molecule has 0 unspecified atom stereocenters. The molecule has 0 saturated heterocycles. The van der Waals surface area contributed by atoms with Crippen LogP contribution >= 0.6 is 0 Å². The van der Waals surface area contributed by atoms with Crippen LogP contribution in [0.15, 0.2) is 81.1 Å². The zero-order valence-electron chi connectivity index (χ0n) is 12.9. The minimum Gasteiger partial charge on any atom is -0.439 e. The quantitative estimate of drug-likeness (QED) is 0.785. The molecule has 24 heavy (non-hydrogen) atoms. The van der Waals surface area contributed by atoms with E-state index in [-0.39, 0.29) is 15.7 Å². The molecule has 1 aromatic heterocycles. The smallest absolute Gasteiger partial charge is 0.291 e. The van der Waals surface area contributed by atoms with Crippen LogP contribution in [0.3, 0.4) is 0 Å². The lowest BCUT2D eigenvalue weighted by molar-refractivity contribution is 0.0991. The molecule has 122 valence electrons. The summed E-state index contributed by atoms with van der Waals surface area (Å²) in [6.07, 6.45) is 0. The van der Waals surface area contributed by atoms with Crippen molar-refractivity contribution in [3.8, 4) is 0 Å². The normalized spacial score (nSPS) is 11.2. The van der Waals surface area contributed by atoms with Crippen molar-refractivity contribution in [3.63, 3.8) is 0 Å². The van der Waals surface area contributed by atoms with Gasteiger partial charge in [-0.1, -0.05) is 30.3 Å². The van der Waals surface area contributed by atoms with Gasteiger partial charge in [-0.25, -0.2) is 8.42 Å². The standard InChI is InChI=1S/C18H15NO4S/c1-13-6-5-7-14(12-13)19-18(20)16-10-11-17(23-16)24(21,22)15-8-3-2-4-9-15/h2-12H,1H3,(H,19,20). The van der Waals surface area contributed by atoms with E-state index in [1.807, 2.05) is 25.1 Å². The average Bonchev–Trinajstić information content (AvgIpc) is 3.07. The molecular formula is C18H15NO4S. The van der Waals surface area contributed by atoms with E-state index in [1.54, 1.807) is 24.3 Å². The highest BCUT2D eigenvalue weighted by molar-refractivity contribution is 7.91. The van der Waals surface area contributed by atoms with Crippen molar-refractivity contribution in [2.45, 2.75) is 16.9 Å². The number of anilines is 1. The van der Waals surface area contributed by atoms with Gasteiger partial charge in [-0.05, 0) is 48.9 Å². The lowest BCUT2D eigenvalue weighted by atomic mass is 10.2. The maximum atomic E-state index is 12.4. The van der Waals surface area contributed by atoms with Crippen LogP contribution in [0.5, 0.6) is 0 Å². The molecule has 0 bridgehead atoms. The van der Waals surface area contributed by atoms with E-state index in [0.29, 0.717) is 5.69 Å². The average molecular weight is 341 g/mol. The second-order valence-electron chi connectivity index (χ2n) is 5.26. The number of nitrogens with one attached hydrogen (secondary N) is 1. The van der Waals surface area contributed by atoms with Gasteiger partial charge in [0.15, 0.2) is 5.76 Å². The Labute approximate surface area is 139 Å². The molecule has 3 rings (SSSR count). The number of aryl methyl sites for hydroxylation is 1. The van der Waals surface area contributed by atoms with E-state index < -0.39 is 15.7 Å². The van der Waals surface area contributed by atoms with E-state index in [0.717, 1.165) is 5.56 Å². The Hall–Kier alpha value is -2.86. The molecule has 0 aliphatic heterocycles. The highest BCUT2D eigenvalue weighted by Gasteiger charge is 2.23. The van der Waals surface area contributed by atoms with E-state index in [4.69, 9.17) is 4.42 Å². The molecule has 0 saturated carbocycles. The summed E-state index contributed by atoms with van der Waals surface area (Å²) in [6.45, 7) is 1.91. The molecular weight excluding hydrogens is 326 g/mol. The van der Waals surface area contributed by atoms with E-state index >= 15 is 0 Å². The maximum Gasteiger partial charge on any atom is 0.291 e. The van der Waals surface area contributed by atoms with Gasteiger partial charge in [0, 0.05) is 5.69 Å². The van der Waals surface area contributed by atoms with Gasteiger partial charge in [-0.15, -0.1) is 0 Å². The van der Waals surface area contributed by atoms with Gasteiger partial charge in [0.05, 0.1) is 4.90 Å². The molecule has 0 radical (unpaired) electrons. The molecule has 1 amide bonds. The summed E-state index contributed by atoms with van der Waals surface area (Å²) in [6, 6.07) is 17.8. The van der Waals surface area contributed by atoms with Gasteiger partial charge in [-0.3, -0.25) is 4.79 Å². The Morgan fingerprint density at radius 3 is 2.42 bits per heavy atom. The van der Waals surface area contributed by atoms with Crippen LogP contribution < -0.4 is 5.32 Å². The maximum absolute atomic E-state index is 12.4. The molecule has 0 aliphatic carbocycles. The van der Waals surface area contributed by atoms with Crippen molar-refractivity contribution in [2.24, 2.45) is 0 Å². The topological polar surface area (TPSA) is 76.4 Å². The Bertz CT molecular complexity index is 975. The van der Waals surface area contributed by atoms with Crippen molar-refractivity contribution in [1.82, 2.24) is 0 Å². The summed E-state index contributed by atoms with van der Waals surface area (Å²) >= 11 is 0. The van der Waals surface area contributed by atoms with Crippen LogP contribution in [0.25, 0.3) is 0 Å². The van der Waals surface area contributed by atoms with Gasteiger partial charge < -0.3 is 9.73 Å². The van der Waals surface area contributed by atoms with Gasteiger partial charge in [-0.2, -0.15) is 0 Å². The monoisotopic (exact) mass is 341 g/mol. The summed E-state index contributed by atoms with van der Waals surface area (Å²) in [5, 5.41) is 2.42. The summed E-state index contributed by atoms with van der Waals surface area (Å²) < 4.78 is 30.2. The first-order valence-electron chi connectivity index (χ1n) is 7.25. The highest BCUT2D eigenvalue weighted by atomic mass is 32.2. The van der Waals surface area contributed by atoms with Gasteiger partial charge in [0.2, 0.25) is 14.9 Å². The lowest BCUT2D eigenvalue weighted by Gasteiger charge is -2.04. The number of hydrogen-bond donors (Lipinski definition) is 1. The Kier molecular flexibility index (Phi) is 4.22. The van der Waals surface area contributed by atoms with Gasteiger partial charge >= 0.3 is 0 Å². The number of sulfone groups is 1. The van der Waals surface area contributed by atoms with Crippen molar-refractivity contribution in [3.05, 3.63) is 78.1 Å². The molecule has 0 atom stereocenters. The van der Waals surface area contributed by atoms with E-state index in [2.05, 4.69) is 5.32 Å². The predicted molar refractivity (Wildman–Crippen MR) is 89.7 cm³/mol. The Morgan fingerprint density at radius 2 is 1.71 bits per heavy atom. The summed E-state index contributed by atoms with van der Waals surface area (Å²) in [5.74, 6) is -0.568. The fourth-order valence-corrected chi connectivity index (χ4v) is 3.41. The Morgan fingerprint density at radius 1 is 0.958 bits per heavy atom. The number of benzene rings is 2. The first-order chi connectivity index (χ1) is 11.5. The zero-order chi connectivity index (χ0) is 17.2. The Balaban J connectivity index is 1.84. The molecule has 1 heterocycles. The van der Waals surface area contributed by atoms with Crippen molar-refractivity contribution < 1.29 is 17.6 Å². The third-order valence-electron chi connectivity index (χ3n) is 3.40. The van der Waals surface area contributed by atoms with Crippen LogP contribution in [-0.4, -0.2) is 14.3 Å². The molecule has 3 aromatic rings. The predicted octanol–water partition coefficient (Wildman–Crippen LogP) is 3.67. The fraction of sp³-hybridized carbons (Fsp3) is 0.0556. The number of hydrogen-bond acceptors (Lipinski definition) is 4. The minimum absolute atomic E-state index is 0.0639. The second kappa shape index (κ2) is 6.33. The van der Waals surface area contributed by atoms with Gasteiger partial charge in [0.1, 0.15) is 0 Å². The third-order valence-corrected chi connectivity index (χ3v) is 5.04. The van der Waals surface area contributed by atoms with Crippen molar-refractivity contribution in [1.29, 1.82) is 0 Å². The second-order valence-corrected chi connectivity index (χ2v) is 7.14. The van der Waals surface area contributed by atoms with Gasteiger partial charge in [0.25, 0.3) is 5.91 Å². The summed E-state index contributed by atoms with van der Waals surface area (Å²) in [4.78, 5) is 12.3. The number of carbonyl (C=O) groups excluding carboxylic acids is 1. The van der Waals surface area contributed by atoms with Crippen LogP contribution in [0.4, 0.5) is 5.69 Å². The number of amides is 1. The lowest BCUT2D eigenvalue weighted by Crippen LogP contribution is -2.11. The SMILES string of the molecule is Cc1cccc(NC(=O)c2ccc(S(=O)(=O)c3ccccc3)o2)c1.